The third kappa shape index (κ3) is 2.70. The first-order chi connectivity index (χ1) is 9.24. The average Bonchev–Trinajstić information content (AvgIpc) is 2.70. The van der Waals surface area contributed by atoms with Crippen LogP contribution in [0.3, 0.4) is 0 Å². The lowest BCUT2D eigenvalue weighted by molar-refractivity contribution is 0.636. The highest BCUT2D eigenvalue weighted by molar-refractivity contribution is 8.00. The average molecular weight is 269 g/mol. The maximum absolute atomic E-state index is 3.98. The van der Waals surface area contributed by atoms with Crippen molar-refractivity contribution in [2.75, 3.05) is 0 Å². The van der Waals surface area contributed by atoms with Crippen molar-refractivity contribution in [3.8, 4) is 0 Å². The summed E-state index contributed by atoms with van der Waals surface area (Å²) >= 11 is 2.00. The van der Waals surface area contributed by atoms with Gasteiger partial charge in [0, 0.05) is 11.3 Å². The molecule has 19 heavy (non-hydrogen) atoms. The number of allylic oxidation sites excluding steroid dienone is 3. The van der Waals surface area contributed by atoms with Crippen LogP contribution in [-0.4, -0.2) is 11.3 Å². The Hall–Kier alpha value is -1.25. The second-order valence-corrected chi connectivity index (χ2v) is 6.46. The first-order valence-corrected chi connectivity index (χ1v) is 7.69. The Labute approximate surface area is 119 Å². The van der Waals surface area contributed by atoms with E-state index < -0.39 is 0 Å². The Morgan fingerprint density at radius 2 is 1.95 bits per heavy atom. The highest BCUT2D eigenvalue weighted by Gasteiger charge is 2.32. The zero-order chi connectivity index (χ0) is 13.2. The third-order valence-corrected chi connectivity index (χ3v) is 5.08. The van der Waals surface area contributed by atoms with E-state index in [1.54, 1.807) is 0 Å². The zero-order valence-electron chi connectivity index (χ0n) is 11.2. The van der Waals surface area contributed by atoms with E-state index in [9.17, 15) is 0 Å². The number of benzene rings is 1. The summed E-state index contributed by atoms with van der Waals surface area (Å²) in [5, 5.41) is 4.65. The molecule has 1 fully saturated rings. The van der Waals surface area contributed by atoms with E-state index >= 15 is 0 Å². The molecule has 3 unspecified atom stereocenters. The molecule has 1 aromatic carbocycles. The van der Waals surface area contributed by atoms with Crippen LogP contribution in [0.4, 0.5) is 0 Å². The van der Waals surface area contributed by atoms with Gasteiger partial charge in [-0.1, -0.05) is 60.7 Å². The van der Waals surface area contributed by atoms with Gasteiger partial charge in [0.15, 0.2) is 0 Å². The van der Waals surface area contributed by atoms with Gasteiger partial charge in [-0.2, -0.15) is 0 Å². The molecule has 98 valence electrons. The number of hydrogen-bond donors (Lipinski definition) is 1. The molecular formula is C17H19NS. The van der Waals surface area contributed by atoms with Crippen LogP contribution < -0.4 is 5.32 Å². The van der Waals surface area contributed by atoms with Crippen molar-refractivity contribution in [2.45, 2.75) is 30.0 Å². The lowest BCUT2D eigenvalue weighted by Crippen LogP contribution is -2.27. The fourth-order valence-corrected chi connectivity index (χ4v) is 3.92. The van der Waals surface area contributed by atoms with Crippen LogP contribution in [0.1, 0.15) is 29.8 Å². The van der Waals surface area contributed by atoms with Crippen molar-refractivity contribution in [1.29, 1.82) is 0 Å². The molecule has 1 aromatic rings. The molecule has 3 rings (SSSR count). The maximum Gasteiger partial charge on any atom is 0.0801 e. The highest BCUT2D eigenvalue weighted by Crippen LogP contribution is 2.40. The lowest BCUT2D eigenvalue weighted by atomic mass is 10.1. The Morgan fingerprint density at radius 3 is 2.68 bits per heavy atom. The van der Waals surface area contributed by atoms with Crippen molar-refractivity contribution < 1.29 is 0 Å². The molecule has 1 aliphatic heterocycles. The number of thioether (sulfide) groups is 1. The molecule has 2 heteroatoms. The fourth-order valence-electron chi connectivity index (χ4n) is 2.51. The van der Waals surface area contributed by atoms with Crippen LogP contribution >= 0.6 is 11.8 Å². The van der Waals surface area contributed by atoms with Crippen LogP contribution in [0, 0.1) is 0 Å². The number of rotatable bonds is 2. The molecular weight excluding hydrogens is 250 g/mol. The van der Waals surface area contributed by atoms with Crippen molar-refractivity contribution in [2.24, 2.45) is 0 Å². The zero-order valence-corrected chi connectivity index (χ0v) is 12.0. The van der Waals surface area contributed by atoms with Gasteiger partial charge < -0.3 is 0 Å². The van der Waals surface area contributed by atoms with Gasteiger partial charge in [0.1, 0.15) is 0 Å². The molecule has 1 aliphatic carbocycles. The van der Waals surface area contributed by atoms with Crippen molar-refractivity contribution in [3.63, 3.8) is 0 Å². The number of nitrogens with one attached hydrogen (secondary N) is 1. The quantitative estimate of drug-likeness (QED) is 0.803. The second-order valence-electron chi connectivity index (χ2n) is 5.17. The standard InChI is InChI=1S/C17H19NS/c1-12(2)13-8-10-14(11-9-13)17-18-15-6-4-3-5-7-16(15)19-17/h4-11,15-18H,1,3H2,2H3. The third-order valence-electron chi connectivity index (χ3n) is 3.64. The van der Waals surface area contributed by atoms with Gasteiger partial charge in [-0.15, -0.1) is 11.8 Å². The first-order valence-electron chi connectivity index (χ1n) is 6.75. The summed E-state index contributed by atoms with van der Waals surface area (Å²) in [7, 11) is 0. The minimum Gasteiger partial charge on any atom is -0.294 e. The Bertz CT molecular complexity index is 507. The molecule has 3 atom stereocenters. The summed E-state index contributed by atoms with van der Waals surface area (Å²) in [6.45, 7) is 6.03. The number of fused-ring (bicyclic) bond motifs is 1. The van der Waals surface area contributed by atoms with Crippen LogP contribution in [0.15, 0.2) is 55.1 Å². The molecule has 1 nitrogen and oxygen atoms in total. The molecule has 0 aromatic heterocycles. The predicted molar refractivity (Wildman–Crippen MR) is 85.1 cm³/mol. The van der Waals surface area contributed by atoms with Crippen LogP contribution in [0.25, 0.3) is 5.57 Å². The van der Waals surface area contributed by atoms with E-state index in [0.717, 1.165) is 12.0 Å². The van der Waals surface area contributed by atoms with Gasteiger partial charge in [0.05, 0.1) is 5.37 Å². The Kier molecular flexibility index (Phi) is 3.63. The Balaban J connectivity index is 1.77. The largest absolute Gasteiger partial charge is 0.294 e. The highest BCUT2D eigenvalue weighted by atomic mass is 32.2. The first kappa shape index (κ1) is 12.8. The van der Waals surface area contributed by atoms with Gasteiger partial charge in [-0.3, -0.25) is 5.32 Å². The van der Waals surface area contributed by atoms with Crippen molar-refractivity contribution in [3.05, 3.63) is 66.3 Å². The summed E-state index contributed by atoms with van der Waals surface area (Å²) in [6.07, 6.45) is 10.2. The Morgan fingerprint density at radius 1 is 1.21 bits per heavy atom. The van der Waals surface area contributed by atoms with E-state index in [-0.39, 0.29) is 0 Å². The van der Waals surface area contributed by atoms with E-state index in [4.69, 9.17) is 0 Å². The van der Waals surface area contributed by atoms with Crippen LogP contribution in [0.5, 0.6) is 0 Å². The molecule has 1 heterocycles. The van der Waals surface area contributed by atoms with E-state index in [2.05, 4.69) is 60.5 Å². The van der Waals surface area contributed by atoms with Crippen LogP contribution in [-0.2, 0) is 0 Å². The van der Waals surface area contributed by atoms with Gasteiger partial charge >= 0.3 is 0 Å². The minimum absolute atomic E-state index is 0.390. The van der Waals surface area contributed by atoms with Gasteiger partial charge in [-0.25, -0.2) is 0 Å². The van der Waals surface area contributed by atoms with Crippen LogP contribution in [0.2, 0.25) is 0 Å². The normalized spacial score (nSPS) is 29.0. The predicted octanol–water partition coefficient (Wildman–Crippen LogP) is 4.31. The van der Waals surface area contributed by atoms with Gasteiger partial charge in [-0.05, 0) is 24.5 Å². The molecule has 0 saturated carbocycles. The lowest BCUT2D eigenvalue weighted by Gasteiger charge is -2.12. The molecule has 0 radical (unpaired) electrons. The minimum atomic E-state index is 0.390. The molecule has 0 spiro atoms. The van der Waals surface area contributed by atoms with E-state index in [1.165, 1.54) is 11.1 Å². The topological polar surface area (TPSA) is 12.0 Å². The second kappa shape index (κ2) is 5.40. The van der Waals surface area contributed by atoms with E-state index in [1.807, 2.05) is 18.7 Å². The van der Waals surface area contributed by atoms with Crippen molar-refractivity contribution in [1.82, 2.24) is 5.32 Å². The molecule has 1 saturated heterocycles. The fraction of sp³-hybridized carbons (Fsp3) is 0.294. The number of hydrogen-bond acceptors (Lipinski definition) is 2. The van der Waals surface area contributed by atoms with Gasteiger partial charge in [0.2, 0.25) is 0 Å². The summed E-state index contributed by atoms with van der Waals surface area (Å²) in [4.78, 5) is 0. The molecule has 1 N–H and O–H groups in total. The molecule has 0 bridgehead atoms. The smallest absolute Gasteiger partial charge is 0.0801 e. The molecule has 0 amide bonds. The summed E-state index contributed by atoms with van der Waals surface area (Å²) in [5.41, 5.74) is 3.69. The summed E-state index contributed by atoms with van der Waals surface area (Å²) in [5.74, 6) is 0. The van der Waals surface area contributed by atoms with Gasteiger partial charge in [0.25, 0.3) is 0 Å². The van der Waals surface area contributed by atoms with E-state index in [0.29, 0.717) is 16.7 Å². The van der Waals surface area contributed by atoms with Crippen molar-refractivity contribution >= 4 is 17.3 Å². The molecule has 2 aliphatic rings. The SMILES string of the molecule is C=C(C)c1ccc(C2NC3C=CCC=CC3S2)cc1. The maximum atomic E-state index is 3.98. The summed E-state index contributed by atoms with van der Waals surface area (Å²) < 4.78 is 0. The summed E-state index contributed by atoms with van der Waals surface area (Å²) in [6, 6.07) is 9.23. The monoisotopic (exact) mass is 269 g/mol.